The standard InChI is InChI=1S/C21H21FN4OS/c1-13-2-3-14(10-15(13)22)20(27)25-17-11-21(17)5-7-26(8-6-21)19-18-16(4-9-28-18)23-12-24-19/h2-4,9-10,12,17H,5-8,11H2,1H3,(H,25,27). The second kappa shape index (κ2) is 6.51. The Hall–Kier alpha value is -2.54. The van der Waals surface area contributed by atoms with Crippen molar-refractivity contribution in [2.75, 3.05) is 18.0 Å². The lowest BCUT2D eigenvalue weighted by molar-refractivity contribution is 0.0942. The minimum atomic E-state index is -0.337. The molecular weight excluding hydrogens is 375 g/mol. The fraction of sp³-hybridized carbons (Fsp3) is 0.381. The first-order valence-electron chi connectivity index (χ1n) is 9.56. The maximum Gasteiger partial charge on any atom is 0.251 e. The molecule has 3 heterocycles. The Kier molecular flexibility index (Phi) is 4.08. The van der Waals surface area contributed by atoms with Crippen molar-refractivity contribution in [2.45, 2.75) is 32.2 Å². The summed E-state index contributed by atoms with van der Waals surface area (Å²) in [4.78, 5) is 23.6. The molecule has 5 rings (SSSR count). The number of amides is 1. The van der Waals surface area contributed by atoms with Gasteiger partial charge in [-0.05, 0) is 60.7 Å². The number of aryl methyl sites for hydroxylation is 1. The van der Waals surface area contributed by atoms with Gasteiger partial charge in [0.1, 0.15) is 18.0 Å². The second-order valence-corrected chi connectivity index (χ2v) is 8.79. The van der Waals surface area contributed by atoms with Crippen LogP contribution in [0, 0.1) is 18.2 Å². The lowest BCUT2D eigenvalue weighted by Crippen LogP contribution is -2.39. The van der Waals surface area contributed by atoms with Crippen LogP contribution in [0.2, 0.25) is 0 Å². The molecule has 1 aromatic carbocycles. The summed E-state index contributed by atoms with van der Waals surface area (Å²) in [6, 6.07) is 6.87. The molecule has 1 aliphatic heterocycles. The molecule has 1 unspecified atom stereocenters. The molecule has 2 aliphatic rings. The van der Waals surface area contributed by atoms with E-state index in [1.165, 1.54) is 6.07 Å². The van der Waals surface area contributed by atoms with Gasteiger partial charge in [-0.2, -0.15) is 0 Å². The van der Waals surface area contributed by atoms with Crippen molar-refractivity contribution in [3.05, 3.63) is 52.9 Å². The molecule has 2 fully saturated rings. The van der Waals surface area contributed by atoms with Gasteiger partial charge in [-0.25, -0.2) is 14.4 Å². The van der Waals surface area contributed by atoms with Crippen molar-refractivity contribution < 1.29 is 9.18 Å². The zero-order chi connectivity index (χ0) is 19.3. The summed E-state index contributed by atoms with van der Waals surface area (Å²) >= 11 is 1.68. The van der Waals surface area contributed by atoms with Crippen LogP contribution in [0.5, 0.6) is 0 Å². The van der Waals surface area contributed by atoms with Gasteiger partial charge in [-0.3, -0.25) is 4.79 Å². The van der Waals surface area contributed by atoms with E-state index in [0.717, 1.165) is 48.4 Å². The van der Waals surface area contributed by atoms with Gasteiger partial charge in [0, 0.05) is 24.7 Å². The minimum absolute atomic E-state index is 0.178. The van der Waals surface area contributed by atoms with Crippen molar-refractivity contribution in [1.29, 1.82) is 0 Å². The number of thiophene rings is 1. The van der Waals surface area contributed by atoms with Gasteiger partial charge in [-0.1, -0.05) is 6.07 Å². The van der Waals surface area contributed by atoms with Crippen LogP contribution in [0.4, 0.5) is 10.2 Å². The number of benzene rings is 1. The lowest BCUT2D eigenvalue weighted by Gasteiger charge is -2.33. The van der Waals surface area contributed by atoms with Crippen LogP contribution in [0.25, 0.3) is 10.2 Å². The Balaban J connectivity index is 1.23. The first-order valence-corrected chi connectivity index (χ1v) is 10.4. The van der Waals surface area contributed by atoms with E-state index < -0.39 is 0 Å². The lowest BCUT2D eigenvalue weighted by atomic mass is 9.92. The van der Waals surface area contributed by atoms with E-state index in [0.29, 0.717) is 11.1 Å². The third-order valence-electron chi connectivity index (χ3n) is 6.21. The second-order valence-electron chi connectivity index (χ2n) is 7.88. The number of hydrogen-bond donors (Lipinski definition) is 1. The van der Waals surface area contributed by atoms with Crippen molar-refractivity contribution in [2.24, 2.45) is 5.41 Å². The number of hydrogen-bond acceptors (Lipinski definition) is 5. The molecule has 1 aliphatic carbocycles. The monoisotopic (exact) mass is 396 g/mol. The van der Waals surface area contributed by atoms with Gasteiger partial charge >= 0.3 is 0 Å². The molecule has 3 aromatic rings. The maximum atomic E-state index is 13.7. The molecule has 2 aromatic heterocycles. The minimum Gasteiger partial charge on any atom is -0.355 e. The number of carbonyl (C=O) groups excluding carboxylic acids is 1. The number of anilines is 1. The highest BCUT2D eigenvalue weighted by atomic mass is 32.1. The molecule has 7 heteroatoms. The van der Waals surface area contributed by atoms with Crippen molar-refractivity contribution in [3.8, 4) is 0 Å². The van der Waals surface area contributed by atoms with Crippen LogP contribution in [0.1, 0.15) is 35.2 Å². The van der Waals surface area contributed by atoms with Gasteiger partial charge in [0.15, 0.2) is 0 Å². The highest BCUT2D eigenvalue weighted by Crippen LogP contribution is 2.54. The largest absolute Gasteiger partial charge is 0.355 e. The van der Waals surface area contributed by atoms with Crippen LogP contribution < -0.4 is 10.2 Å². The summed E-state index contributed by atoms with van der Waals surface area (Å²) in [5.41, 5.74) is 2.12. The Morgan fingerprint density at radius 3 is 2.89 bits per heavy atom. The van der Waals surface area contributed by atoms with Crippen LogP contribution in [-0.4, -0.2) is 35.0 Å². The number of aromatic nitrogens is 2. The molecule has 1 atom stereocenters. The summed E-state index contributed by atoms with van der Waals surface area (Å²) in [6.07, 6.45) is 4.68. The number of nitrogens with zero attached hydrogens (tertiary/aromatic N) is 3. The van der Waals surface area contributed by atoms with Gasteiger partial charge in [-0.15, -0.1) is 11.3 Å². The van der Waals surface area contributed by atoms with Crippen LogP contribution in [0.15, 0.2) is 36.0 Å². The Morgan fingerprint density at radius 2 is 2.11 bits per heavy atom. The van der Waals surface area contributed by atoms with Crippen LogP contribution in [-0.2, 0) is 0 Å². The van der Waals surface area contributed by atoms with Gasteiger partial charge < -0.3 is 10.2 Å². The van der Waals surface area contributed by atoms with Crippen molar-refractivity contribution in [1.82, 2.24) is 15.3 Å². The smallest absolute Gasteiger partial charge is 0.251 e. The number of nitrogens with one attached hydrogen (secondary N) is 1. The molecule has 5 nitrogen and oxygen atoms in total. The highest BCUT2D eigenvalue weighted by molar-refractivity contribution is 7.17. The molecule has 1 saturated carbocycles. The highest BCUT2D eigenvalue weighted by Gasteiger charge is 2.55. The fourth-order valence-corrected chi connectivity index (χ4v) is 5.11. The summed E-state index contributed by atoms with van der Waals surface area (Å²) in [7, 11) is 0. The normalized spacial score (nSPS) is 20.5. The summed E-state index contributed by atoms with van der Waals surface area (Å²) in [6.45, 7) is 3.55. The first kappa shape index (κ1) is 17.6. The molecule has 0 bridgehead atoms. The Labute approximate surface area is 166 Å². The average molecular weight is 396 g/mol. The molecule has 28 heavy (non-hydrogen) atoms. The first-order chi connectivity index (χ1) is 13.6. The Morgan fingerprint density at radius 1 is 1.29 bits per heavy atom. The van der Waals surface area contributed by atoms with Gasteiger partial charge in [0.2, 0.25) is 0 Å². The number of piperidine rings is 1. The zero-order valence-corrected chi connectivity index (χ0v) is 16.4. The van der Waals surface area contributed by atoms with Gasteiger partial charge in [0.25, 0.3) is 5.91 Å². The average Bonchev–Trinajstić information content (AvgIpc) is 3.13. The predicted octanol–water partition coefficient (Wildman–Crippen LogP) is 3.93. The van der Waals surface area contributed by atoms with E-state index in [4.69, 9.17) is 0 Å². The number of halogens is 1. The number of fused-ring (bicyclic) bond motifs is 1. The molecule has 1 amide bonds. The SMILES string of the molecule is Cc1ccc(C(=O)NC2CC23CCN(c2ncnc4ccsc24)CC3)cc1F. The third-order valence-corrected chi connectivity index (χ3v) is 7.11. The van der Waals surface area contributed by atoms with Crippen LogP contribution in [0.3, 0.4) is 0 Å². The molecule has 1 saturated heterocycles. The van der Waals surface area contributed by atoms with E-state index in [2.05, 4.69) is 25.6 Å². The molecule has 0 radical (unpaired) electrons. The van der Waals surface area contributed by atoms with Crippen molar-refractivity contribution >= 4 is 33.3 Å². The Bertz CT molecular complexity index is 1060. The summed E-state index contributed by atoms with van der Waals surface area (Å²) in [5, 5.41) is 5.16. The summed E-state index contributed by atoms with van der Waals surface area (Å²) < 4.78 is 14.9. The zero-order valence-electron chi connectivity index (χ0n) is 15.6. The maximum absolute atomic E-state index is 13.7. The topological polar surface area (TPSA) is 58.1 Å². The van der Waals surface area contributed by atoms with Crippen molar-refractivity contribution in [3.63, 3.8) is 0 Å². The predicted molar refractivity (Wildman–Crippen MR) is 108 cm³/mol. The van der Waals surface area contributed by atoms with Crippen LogP contribution >= 0.6 is 11.3 Å². The van der Waals surface area contributed by atoms with Gasteiger partial charge in [0.05, 0.1) is 10.2 Å². The fourth-order valence-electron chi connectivity index (χ4n) is 4.24. The molecule has 144 valence electrons. The number of rotatable bonds is 3. The molecule has 1 spiro atoms. The number of carbonyl (C=O) groups is 1. The quantitative estimate of drug-likeness (QED) is 0.729. The van der Waals surface area contributed by atoms with E-state index in [1.54, 1.807) is 36.7 Å². The van der Waals surface area contributed by atoms with E-state index in [1.807, 2.05) is 6.07 Å². The summed E-state index contributed by atoms with van der Waals surface area (Å²) in [5.74, 6) is 0.502. The van der Waals surface area contributed by atoms with E-state index in [9.17, 15) is 9.18 Å². The molecule has 1 N–H and O–H groups in total. The molecular formula is C21H21FN4OS. The van der Waals surface area contributed by atoms with E-state index >= 15 is 0 Å². The van der Waals surface area contributed by atoms with E-state index in [-0.39, 0.29) is 23.2 Å². The third kappa shape index (κ3) is 2.94.